The molecule has 1 heterocycles. The molecule has 21 heavy (non-hydrogen) atoms. The molecule has 0 spiro atoms. The average molecular weight is 284 g/mol. The normalized spacial score (nSPS) is 15.0. The zero-order chi connectivity index (χ0) is 14.8. The number of anilines is 2. The number of carbonyl (C=O) groups excluding carboxylic acids is 1. The van der Waals surface area contributed by atoms with E-state index in [9.17, 15) is 9.18 Å². The molecular weight excluding hydrogens is 267 g/mol. The van der Waals surface area contributed by atoms with E-state index in [-0.39, 0.29) is 17.8 Å². The van der Waals surface area contributed by atoms with E-state index in [0.29, 0.717) is 24.2 Å². The maximum atomic E-state index is 14.2. The third kappa shape index (κ3) is 2.89. The van der Waals surface area contributed by atoms with Gasteiger partial charge in [-0.15, -0.1) is 0 Å². The second kappa shape index (κ2) is 5.56. The zero-order valence-corrected chi connectivity index (χ0v) is 11.8. The van der Waals surface area contributed by atoms with Crippen LogP contribution in [0.2, 0.25) is 0 Å². The van der Waals surface area contributed by atoms with Crippen LogP contribution in [0.4, 0.5) is 15.8 Å². The molecule has 1 unspecified atom stereocenters. The molecule has 3 rings (SSSR count). The van der Waals surface area contributed by atoms with Gasteiger partial charge in [0.25, 0.3) is 0 Å². The van der Waals surface area contributed by atoms with E-state index in [0.717, 1.165) is 11.1 Å². The number of nitrogens with one attached hydrogen (secondary N) is 2. The molecule has 1 amide bonds. The molecule has 1 atom stereocenters. The monoisotopic (exact) mass is 284 g/mol. The number of halogens is 1. The molecule has 2 aromatic carbocycles. The summed E-state index contributed by atoms with van der Waals surface area (Å²) in [6.07, 6.45) is 1.01. The Hall–Kier alpha value is -2.36. The zero-order valence-electron chi connectivity index (χ0n) is 11.8. The molecule has 2 N–H and O–H groups in total. The first-order valence-corrected chi connectivity index (χ1v) is 7.07. The molecule has 0 radical (unpaired) electrons. The van der Waals surface area contributed by atoms with Crippen molar-refractivity contribution in [3.8, 4) is 0 Å². The van der Waals surface area contributed by atoms with Gasteiger partial charge in [-0.25, -0.2) is 4.39 Å². The smallest absolute Gasteiger partial charge is 0.224 e. The van der Waals surface area contributed by atoms with Gasteiger partial charge in [-0.3, -0.25) is 4.79 Å². The number of benzene rings is 2. The van der Waals surface area contributed by atoms with E-state index >= 15 is 0 Å². The Labute approximate surface area is 123 Å². The number of fused-ring (bicyclic) bond motifs is 1. The van der Waals surface area contributed by atoms with Gasteiger partial charge in [0.2, 0.25) is 5.91 Å². The van der Waals surface area contributed by atoms with Crippen LogP contribution in [0.3, 0.4) is 0 Å². The van der Waals surface area contributed by atoms with E-state index in [1.54, 1.807) is 6.07 Å². The van der Waals surface area contributed by atoms with Gasteiger partial charge in [-0.2, -0.15) is 0 Å². The van der Waals surface area contributed by atoms with Crippen molar-refractivity contribution in [1.29, 1.82) is 0 Å². The topological polar surface area (TPSA) is 41.1 Å². The third-order valence-corrected chi connectivity index (χ3v) is 3.76. The van der Waals surface area contributed by atoms with Gasteiger partial charge in [0.05, 0.1) is 5.69 Å². The molecule has 0 fully saturated rings. The van der Waals surface area contributed by atoms with Gasteiger partial charge in [0, 0.05) is 18.2 Å². The molecule has 0 aliphatic carbocycles. The van der Waals surface area contributed by atoms with Crippen molar-refractivity contribution >= 4 is 17.3 Å². The molecule has 0 bridgehead atoms. The lowest BCUT2D eigenvalue weighted by Gasteiger charge is -2.21. The highest BCUT2D eigenvalue weighted by Crippen LogP contribution is 2.30. The standard InChI is InChI=1S/C17H17FN2O/c1-11(12-5-3-2-4-6-12)19-16-10-15-13(9-14(16)18)7-8-17(21)20-15/h2-6,9-11,19H,7-8H2,1H3,(H,20,21). The molecule has 3 nitrogen and oxygen atoms in total. The SMILES string of the molecule is CC(Nc1cc2c(cc1F)CCC(=O)N2)c1ccccc1. The number of rotatable bonds is 3. The van der Waals surface area contributed by atoms with Crippen LogP contribution in [0.1, 0.15) is 30.5 Å². The first kappa shape index (κ1) is 13.6. The summed E-state index contributed by atoms with van der Waals surface area (Å²) in [5.74, 6) is -0.302. The van der Waals surface area contributed by atoms with Crippen LogP contribution >= 0.6 is 0 Å². The lowest BCUT2D eigenvalue weighted by molar-refractivity contribution is -0.116. The Kier molecular flexibility index (Phi) is 3.60. The molecule has 1 aliphatic rings. The number of hydrogen-bond acceptors (Lipinski definition) is 2. The van der Waals surface area contributed by atoms with Crippen LogP contribution in [0.15, 0.2) is 42.5 Å². The maximum absolute atomic E-state index is 14.2. The average Bonchev–Trinajstić information content (AvgIpc) is 2.49. The van der Waals surface area contributed by atoms with E-state index in [2.05, 4.69) is 10.6 Å². The van der Waals surface area contributed by atoms with Crippen LogP contribution in [-0.4, -0.2) is 5.91 Å². The Morgan fingerprint density at radius 1 is 1.19 bits per heavy atom. The van der Waals surface area contributed by atoms with Gasteiger partial charge in [-0.1, -0.05) is 30.3 Å². The third-order valence-electron chi connectivity index (χ3n) is 3.76. The summed E-state index contributed by atoms with van der Waals surface area (Å²) >= 11 is 0. The highest BCUT2D eigenvalue weighted by Gasteiger charge is 2.18. The minimum Gasteiger partial charge on any atom is -0.376 e. The summed E-state index contributed by atoms with van der Waals surface area (Å²) < 4.78 is 14.2. The first-order valence-electron chi connectivity index (χ1n) is 7.07. The van der Waals surface area contributed by atoms with Crippen LogP contribution in [0, 0.1) is 5.82 Å². The van der Waals surface area contributed by atoms with Crippen molar-refractivity contribution in [1.82, 2.24) is 0 Å². The van der Waals surface area contributed by atoms with Crippen molar-refractivity contribution in [3.05, 3.63) is 59.4 Å². The summed E-state index contributed by atoms with van der Waals surface area (Å²) in [6.45, 7) is 1.98. The van der Waals surface area contributed by atoms with Crippen molar-refractivity contribution in [2.75, 3.05) is 10.6 Å². The lowest BCUT2D eigenvalue weighted by Crippen LogP contribution is -2.19. The minimum absolute atomic E-state index is 0.0157. The van der Waals surface area contributed by atoms with Crippen LogP contribution in [-0.2, 0) is 11.2 Å². The Balaban J connectivity index is 1.86. The molecule has 0 saturated carbocycles. The van der Waals surface area contributed by atoms with Crippen molar-refractivity contribution in [2.24, 2.45) is 0 Å². The summed E-state index contributed by atoms with van der Waals surface area (Å²) in [4.78, 5) is 11.4. The predicted molar refractivity (Wildman–Crippen MR) is 81.8 cm³/mol. The Morgan fingerprint density at radius 2 is 1.95 bits per heavy atom. The number of hydrogen-bond donors (Lipinski definition) is 2. The Bertz CT molecular complexity index is 670. The van der Waals surface area contributed by atoms with Gasteiger partial charge in [0.15, 0.2) is 0 Å². The molecule has 108 valence electrons. The maximum Gasteiger partial charge on any atom is 0.224 e. The van der Waals surface area contributed by atoms with Gasteiger partial charge >= 0.3 is 0 Å². The van der Waals surface area contributed by atoms with Crippen molar-refractivity contribution in [3.63, 3.8) is 0 Å². The van der Waals surface area contributed by atoms with Crippen LogP contribution in [0.5, 0.6) is 0 Å². The van der Waals surface area contributed by atoms with Crippen LogP contribution in [0.25, 0.3) is 0 Å². The van der Waals surface area contributed by atoms with E-state index < -0.39 is 0 Å². The minimum atomic E-state index is -0.285. The fourth-order valence-electron chi connectivity index (χ4n) is 2.57. The summed E-state index contributed by atoms with van der Waals surface area (Å²) in [6, 6.07) is 13.0. The molecule has 2 aromatic rings. The molecule has 1 aliphatic heterocycles. The second-order valence-corrected chi connectivity index (χ2v) is 5.31. The van der Waals surface area contributed by atoms with Gasteiger partial charge in [0.1, 0.15) is 5.82 Å². The molecule has 4 heteroatoms. The number of amides is 1. The summed E-state index contributed by atoms with van der Waals surface area (Å²) in [5, 5.41) is 5.96. The molecule has 0 saturated heterocycles. The molecular formula is C17H17FN2O. The van der Waals surface area contributed by atoms with Crippen molar-refractivity contribution < 1.29 is 9.18 Å². The highest BCUT2D eigenvalue weighted by molar-refractivity contribution is 5.94. The quantitative estimate of drug-likeness (QED) is 0.898. The van der Waals surface area contributed by atoms with Gasteiger partial charge in [-0.05, 0) is 36.6 Å². The fourth-order valence-corrected chi connectivity index (χ4v) is 2.57. The predicted octanol–water partition coefficient (Wildman–Crippen LogP) is 3.88. The largest absolute Gasteiger partial charge is 0.376 e. The second-order valence-electron chi connectivity index (χ2n) is 5.31. The number of carbonyl (C=O) groups is 1. The fraction of sp³-hybridized carbons (Fsp3) is 0.235. The van der Waals surface area contributed by atoms with E-state index in [1.807, 2.05) is 37.3 Å². The summed E-state index contributed by atoms with van der Waals surface area (Å²) in [5.41, 5.74) is 3.05. The number of aryl methyl sites for hydroxylation is 1. The Morgan fingerprint density at radius 3 is 2.71 bits per heavy atom. The van der Waals surface area contributed by atoms with E-state index in [1.165, 1.54) is 6.07 Å². The summed E-state index contributed by atoms with van der Waals surface area (Å²) in [7, 11) is 0. The van der Waals surface area contributed by atoms with Gasteiger partial charge < -0.3 is 10.6 Å². The molecule has 0 aromatic heterocycles. The lowest BCUT2D eigenvalue weighted by atomic mass is 10.0. The van der Waals surface area contributed by atoms with E-state index in [4.69, 9.17) is 0 Å². The van der Waals surface area contributed by atoms with Crippen molar-refractivity contribution in [2.45, 2.75) is 25.8 Å². The van der Waals surface area contributed by atoms with Crippen LogP contribution < -0.4 is 10.6 Å². The first-order chi connectivity index (χ1) is 10.1. The highest BCUT2D eigenvalue weighted by atomic mass is 19.1.